The lowest BCUT2D eigenvalue weighted by molar-refractivity contribution is -0.120. The van der Waals surface area contributed by atoms with Crippen molar-refractivity contribution in [3.05, 3.63) is 65.5 Å². The van der Waals surface area contributed by atoms with Gasteiger partial charge >= 0.3 is 6.09 Å². The zero-order valence-electron chi connectivity index (χ0n) is 14.3. The average molecular weight is 378 g/mol. The molecular formula is C19H17F3N2O3. The number of benzene rings is 2. The molecule has 142 valence electrons. The number of ether oxygens (including phenoxy) is 1. The molecule has 27 heavy (non-hydrogen) atoms. The lowest BCUT2D eigenvalue weighted by Crippen LogP contribution is -2.43. The summed E-state index contributed by atoms with van der Waals surface area (Å²) in [4.78, 5) is 25.9. The fraction of sp³-hybridized carbons (Fsp3) is 0.263. The van der Waals surface area contributed by atoms with Crippen LogP contribution in [0.5, 0.6) is 0 Å². The zero-order chi connectivity index (χ0) is 19.4. The highest BCUT2D eigenvalue weighted by Gasteiger charge is 2.35. The highest BCUT2D eigenvalue weighted by Crippen LogP contribution is 2.23. The van der Waals surface area contributed by atoms with E-state index in [9.17, 15) is 22.8 Å². The Kier molecular flexibility index (Phi) is 5.63. The van der Waals surface area contributed by atoms with Gasteiger partial charge in [-0.25, -0.2) is 18.0 Å². The molecule has 1 N–H and O–H groups in total. The summed E-state index contributed by atoms with van der Waals surface area (Å²) >= 11 is 0. The first-order chi connectivity index (χ1) is 13.0. The molecule has 1 aliphatic rings. The fourth-order valence-electron chi connectivity index (χ4n) is 2.90. The summed E-state index contributed by atoms with van der Waals surface area (Å²) in [6.07, 6.45) is 0.262. The largest absolute Gasteiger partial charge is 0.445 e. The molecule has 1 saturated heterocycles. The first-order valence-electron chi connectivity index (χ1n) is 8.39. The van der Waals surface area contributed by atoms with Gasteiger partial charge in [0.25, 0.3) is 0 Å². The Morgan fingerprint density at radius 1 is 1.07 bits per heavy atom. The van der Waals surface area contributed by atoms with Crippen molar-refractivity contribution in [1.82, 2.24) is 4.90 Å². The summed E-state index contributed by atoms with van der Waals surface area (Å²) < 4.78 is 45.3. The third-order valence-electron chi connectivity index (χ3n) is 4.29. The number of nitrogens with zero attached hydrogens (tertiary/aromatic N) is 1. The topological polar surface area (TPSA) is 58.6 Å². The number of hydrogen-bond acceptors (Lipinski definition) is 3. The fourth-order valence-corrected chi connectivity index (χ4v) is 2.90. The smallest absolute Gasteiger partial charge is 0.410 e. The number of nitrogens with one attached hydrogen (secondary N) is 1. The van der Waals surface area contributed by atoms with Crippen LogP contribution in [0.25, 0.3) is 0 Å². The highest BCUT2D eigenvalue weighted by atomic mass is 19.2. The minimum atomic E-state index is -1.67. The van der Waals surface area contributed by atoms with Crippen LogP contribution in [0.3, 0.4) is 0 Å². The Morgan fingerprint density at radius 2 is 1.81 bits per heavy atom. The van der Waals surface area contributed by atoms with Gasteiger partial charge in [-0.2, -0.15) is 0 Å². The second-order valence-electron chi connectivity index (χ2n) is 6.10. The van der Waals surface area contributed by atoms with Crippen LogP contribution < -0.4 is 5.32 Å². The van der Waals surface area contributed by atoms with Gasteiger partial charge in [0.2, 0.25) is 5.91 Å². The molecule has 1 fully saturated rings. The molecule has 1 aliphatic heterocycles. The van der Waals surface area contributed by atoms with Gasteiger partial charge in [-0.1, -0.05) is 30.3 Å². The number of hydrogen-bond donors (Lipinski definition) is 1. The molecule has 0 aliphatic carbocycles. The van der Waals surface area contributed by atoms with Crippen molar-refractivity contribution in [3.8, 4) is 0 Å². The summed E-state index contributed by atoms with van der Waals surface area (Å²) in [5.74, 6) is -5.19. The highest BCUT2D eigenvalue weighted by molar-refractivity contribution is 5.97. The van der Waals surface area contributed by atoms with Crippen LogP contribution in [0.15, 0.2) is 42.5 Å². The molecule has 0 aromatic heterocycles. The van der Waals surface area contributed by atoms with Crippen molar-refractivity contribution >= 4 is 17.7 Å². The minimum absolute atomic E-state index is 0.0579. The molecule has 0 spiro atoms. The van der Waals surface area contributed by atoms with E-state index >= 15 is 0 Å². The second kappa shape index (κ2) is 8.11. The van der Waals surface area contributed by atoms with Gasteiger partial charge in [-0.15, -0.1) is 0 Å². The number of amides is 2. The van der Waals surface area contributed by atoms with Crippen LogP contribution in [-0.4, -0.2) is 29.5 Å². The van der Waals surface area contributed by atoms with Crippen molar-refractivity contribution in [2.45, 2.75) is 25.5 Å². The maximum atomic E-state index is 13.7. The summed E-state index contributed by atoms with van der Waals surface area (Å²) in [7, 11) is 0. The molecule has 1 heterocycles. The molecule has 2 aromatic rings. The van der Waals surface area contributed by atoms with E-state index in [0.29, 0.717) is 25.5 Å². The van der Waals surface area contributed by atoms with E-state index in [-0.39, 0.29) is 6.61 Å². The maximum absolute atomic E-state index is 13.7. The molecule has 1 unspecified atom stereocenters. The first kappa shape index (κ1) is 18.8. The second-order valence-corrected chi connectivity index (χ2v) is 6.10. The molecule has 1 atom stereocenters. The van der Waals surface area contributed by atoms with E-state index in [4.69, 9.17) is 4.74 Å². The van der Waals surface area contributed by atoms with Crippen molar-refractivity contribution in [2.75, 3.05) is 11.9 Å². The molecule has 2 aromatic carbocycles. The summed E-state index contributed by atoms with van der Waals surface area (Å²) in [5, 5.41) is 2.21. The van der Waals surface area contributed by atoms with Crippen LogP contribution in [0.1, 0.15) is 18.4 Å². The van der Waals surface area contributed by atoms with E-state index in [2.05, 4.69) is 5.32 Å². The first-order valence-corrected chi connectivity index (χ1v) is 8.39. The van der Waals surface area contributed by atoms with Crippen LogP contribution in [0.2, 0.25) is 0 Å². The minimum Gasteiger partial charge on any atom is -0.445 e. The number of carbonyl (C=O) groups excluding carboxylic acids is 2. The third kappa shape index (κ3) is 4.21. The van der Waals surface area contributed by atoms with Crippen molar-refractivity contribution in [1.29, 1.82) is 0 Å². The van der Waals surface area contributed by atoms with Gasteiger partial charge in [-0.3, -0.25) is 9.69 Å². The predicted molar refractivity (Wildman–Crippen MR) is 91.3 cm³/mol. The van der Waals surface area contributed by atoms with E-state index < -0.39 is 41.2 Å². The lowest BCUT2D eigenvalue weighted by Gasteiger charge is -2.23. The number of halogens is 3. The zero-order valence-corrected chi connectivity index (χ0v) is 14.3. The molecule has 5 nitrogen and oxygen atoms in total. The normalized spacial score (nSPS) is 16.3. The SMILES string of the molecule is O=C(Nc1ccc(F)c(F)c1F)C1CCCN1C(=O)OCc1ccccc1. The van der Waals surface area contributed by atoms with E-state index in [1.165, 1.54) is 4.90 Å². The van der Waals surface area contributed by atoms with Gasteiger partial charge in [0.15, 0.2) is 17.5 Å². The van der Waals surface area contributed by atoms with Gasteiger partial charge in [-0.05, 0) is 30.5 Å². The van der Waals surface area contributed by atoms with E-state index in [1.54, 1.807) is 12.1 Å². The number of anilines is 1. The van der Waals surface area contributed by atoms with E-state index in [1.807, 2.05) is 18.2 Å². The molecule has 0 saturated carbocycles. The number of carbonyl (C=O) groups is 2. The van der Waals surface area contributed by atoms with Crippen LogP contribution >= 0.6 is 0 Å². The number of likely N-dealkylation sites (tertiary alicyclic amines) is 1. The van der Waals surface area contributed by atoms with Gasteiger partial charge in [0, 0.05) is 6.54 Å². The van der Waals surface area contributed by atoms with E-state index in [0.717, 1.165) is 11.6 Å². The van der Waals surface area contributed by atoms with Crippen molar-refractivity contribution in [3.63, 3.8) is 0 Å². The molecule has 2 amide bonds. The average Bonchev–Trinajstić information content (AvgIpc) is 3.17. The quantitative estimate of drug-likeness (QED) is 0.823. The third-order valence-corrected chi connectivity index (χ3v) is 4.29. The Hall–Kier alpha value is -3.03. The summed E-state index contributed by atoms with van der Waals surface area (Å²) in [6, 6.07) is 9.83. The Bertz CT molecular complexity index is 846. The Morgan fingerprint density at radius 3 is 2.56 bits per heavy atom. The Labute approximate surface area is 153 Å². The standard InChI is InChI=1S/C19H17F3N2O3/c20-13-8-9-14(17(22)16(13)21)23-18(25)15-7-4-10-24(15)19(26)27-11-12-5-2-1-3-6-12/h1-3,5-6,8-9,15H,4,7,10-11H2,(H,23,25). The maximum Gasteiger partial charge on any atom is 0.410 e. The van der Waals surface area contributed by atoms with Gasteiger partial charge < -0.3 is 10.1 Å². The monoisotopic (exact) mass is 378 g/mol. The number of rotatable bonds is 4. The molecular weight excluding hydrogens is 361 g/mol. The molecule has 0 bridgehead atoms. The van der Waals surface area contributed by atoms with Crippen molar-refractivity contribution < 1.29 is 27.5 Å². The Balaban J connectivity index is 1.64. The molecule has 3 rings (SSSR count). The molecule has 0 radical (unpaired) electrons. The lowest BCUT2D eigenvalue weighted by atomic mass is 10.2. The van der Waals surface area contributed by atoms with Crippen LogP contribution in [0, 0.1) is 17.5 Å². The van der Waals surface area contributed by atoms with Gasteiger partial charge in [0.05, 0.1) is 5.69 Å². The van der Waals surface area contributed by atoms with Crippen LogP contribution in [0.4, 0.5) is 23.7 Å². The summed E-state index contributed by atoms with van der Waals surface area (Å²) in [6.45, 7) is 0.369. The predicted octanol–water partition coefficient (Wildman–Crippen LogP) is 3.84. The van der Waals surface area contributed by atoms with Crippen LogP contribution in [-0.2, 0) is 16.1 Å². The van der Waals surface area contributed by atoms with Gasteiger partial charge in [0.1, 0.15) is 12.6 Å². The van der Waals surface area contributed by atoms with Crippen molar-refractivity contribution in [2.24, 2.45) is 0 Å². The molecule has 8 heteroatoms. The summed E-state index contributed by atoms with van der Waals surface area (Å²) in [5.41, 5.74) is 0.318.